The first kappa shape index (κ1) is 14.3. The Balaban J connectivity index is 3.60. The summed E-state index contributed by atoms with van der Waals surface area (Å²) in [7, 11) is -0.791. The third-order valence-electron chi connectivity index (χ3n) is 1.61. The topological polar surface area (TPSA) is 55.4 Å². The van der Waals surface area contributed by atoms with Crippen molar-refractivity contribution >= 4 is 16.8 Å². The van der Waals surface area contributed by atoms with Crippen LogP contribution in [0.15, 0.2) is 12.2 Å². The van der Waals surface area contributed by atoms with Gasteiger partial charge in [0.25, 0.3) is 0 Å². The van der Waals surface area contributed by atoms with Crippen LogP contribution >= 0.6 is 0 Å². The summed E-state index contributed by atoms with van der Waals surface area (Å²) in [6, 6.07) is 0.183. The molecule has 0 aliphatic rings. The SMILES string of the molecule is CCOC(=O)/C=C/CNC(C)CS(C)=O. The molecule has 4 nitrogen and oxygen atoms in total. The molecule has 0 radical (unpaired) electrons. The fourth-order valence-corrected chi connectivity index (χ4v) is 1.85. The standard InChI is InChI=1S/C10H19NO3S/c1-4-14-10(12)6-5-7-11-9(2)8-15(3)13/h5-6,9,11H,4,7-8H2,1-3H3/b6-5+. The smallest absolute Gasteiger partial charge is 0.330 e. The van der Waals surface area contributed by atoms with Crippen LogP contribution in [0.25, 0.3) is 0 Å². The normalized spacial score (nSPS) is 15.1. The van der Waals surface area contributed by atoms with E-state index >= 15 is 0 Å². The lowest BCUT2D eigenvalue weighted by molar-refractivity contribution is -0.137. The maximum absolute atomic E-state index is 10.9. The second-order valence-electron chi connectivity index (χ2n) is 3.20. The van der Waals surface area contributed by atoms with Crippen molar-refractivity contribution in [3.63, 3.8) is 0 Å². The minimum Gasteiger partial charge on any atom is -0.463 e. The number of hydrogen-bond donors (Lipinski definition) is 1. The number of hydrogen-bond acceptors (Lipinski definition) is 4. The van der Waals surface area contributed by atoms with Gasteiger partial charge in [-0.25, -0.2) is 4.79 Å². The van der Waals surface area contributed by atoms with E-state index < -0.39 is 10.8 Å². The van der Waals surface area contributed by atoms with E-state index in [2.05, 4.69) is 5.32 Å². The monoisotopic (exact) mass is 233 g/mol. The van der Waals surface area contributed by atoms with Gasteiger partial charge in [0.05, 0.1) is 6.61 Å². The van der Waals surface area contributed by atoms with Crippen molar-refractivity contribution in [2.45, 2.75) is 19.9 Å². The van der Waals surface area contributed by atoms with Crippen LogP contribution in [0.1, 0.15) is 13.8 Å². The first-order chi connectivity index (χ1) is 7.06. The minimum absolute atomic E-state index is 0.183. The Hall–Kier alpha value is -0.680. The lowest BCUT2D eigenvalue weighted by Gasteiger charge is -2.09. The van der Waals surface area contributed by atoms with Crippen molar-refractivity contribution in [3.05, 3.63) is 12.2 Å². The summed E-state index contributed by atoms with van der Waals surface area (Å²) in [6.45, 7) is 4.70. The summed E-state index contributed by atoms with van der Waals surface area (Å²) in [4.78, 5) is 10.9. The summed E-state index contributed by atoms with van der Waals surface area (Å²) in [5, 5.41) is 3.12. The number of nitrogens with one attached hydrogen (secondary N) is 1. The molecule has 0 aliphatic carbocycles. The van der Waals surface area contributed by atoms with Gasteiger partial charge in [-0.15, -0.1) is 0 Å². The first-order valence-electron chi connectivity index (χ1n) is 4.93. The van der Waals surface area contributed by atoms with Gasteiger partial charge in [-0.3, -0.25) is 4.21 Å². The average Bonchev–Trinajstić information content (AvgIpc) is 2.12. The van der Waals surface area contributed by atoms with E-state index in [-0.39, 0.29) is 12.0 Å². The molecule has 0 aromatic heterocycles. The molecule has 0 rings (SSSR count). The maximum atomic E-state index is 10.9. The fraction of sp³-hybridized carbons (Fsp3) is 0.700. The molecular formula is C10H19NO3S. The van der Waals surface area contributed by atoms with Crippen molar-refractivity contribution in [1.29, 1.82) is 0 Å². The van der Waals surface area contributed by atoms with Gasteiger partial charge >= 0.3 is 5.97 Å². The molecule has 0 aromatic rings. The lowest BCUT2D eigenvalue weighted by Crippen LogP contribution is -2.31. The van der Waals surface area contributed by atoms with E-state index in [4.69, 9.17) is 4.74 Å². The van der Waals surface area contributed by atoms with Crippen LogP contribution in [0.5, 0.6) is 0 Å². The highest BCUT2D eigenvalue weighted by molar-refractivity contribution is 7.84. The number of ether oxygens (including phenoxy) is 1. The second-order valence-corrected chi connectivity index (χ2v) is 4.68. The van der Waals surface area contributed by atoms with Crippen molar-refractivity contribution in [2.75, 3.05) is 25.2 Å². The van der Waals surface area contributed by atoms with Gasteiger partial charge in [0, 0.05) is 41.5 Å². The molecule has 0 bridgehead atoms. The van der Waals surface area contributed by atoms with Crippen LogP contribution in [-0.2, 0) is 20.3 Å². The molecule has 0 aliphatic heterocycles. The molecule has 0 saturated carbocycles. The molecule has 5 heteroatoms. The molecule has 0 spiro atoms. The van der Waals surface area contributed by atoms with Crippen LogP contribution in [-0.4, -0.2) is 41.4 Å². The summed E-state index contributed by atoms with van der Waals surface area (Å²) < 4.78 is 15.6. The van der Waals surface area contributed by atoms with E-state index in [9.17, 15) is 9.00 Å². The minimum atomic E-state index is -0.791. The number of carbonyl (C=O) groups excluding carboxylic acids is 1. The summed E-state index contributed by atoms with van der Waals surface area (Å²) >= 11 is 0. The van der Waals surface area contributed by atoms with Crippen molar-refractivity contribution < 1.29 is 13.7 Å². The molecule has 15 heavy (non-hydrogen) atoms. The van der Waals surface area contributed by atoms with Crippen LogP contribution in [0.4, 0.5) is 0 Å². The van der Waals surface area contributed by atoms with Gasteiger partial charge in [0.15, 0.2) is 0 Å². The highest BCUT2D eigenvalue weighted by Crippen LogP contribution is 1.86. The quantitative estimate of drug-likeness (QED) is 0.513. The van der Waals surface area contributed by atoms with E-state index in [1.807, 2.05) is 6.92 Å². The molecule has 1 N–H and O–H groups in total. The zero-order valence-corrected chi connectivity index (χ0v) is 10.3. The molecule has 0 amide bonds. The lowest BCUT2D eigenvalue weighted by atomic mass is 10.4. The predicted octanol–water partition coefficient (Wildman–Crippen LogP) is 0.462. The third kappa shape index (κ3) is 9.62. The largest absolute Gasteiger partial charge is 0.463 e. The molecule has 0 heterocycles. The van der Waals surface area contributed by atoms with Gasteiger partial charge in [-0.1, -0.05) is 6.08 Å². The molecule has 0 saturated heterocycles. The summed E-state index contributed by atoms with van der Waals surface area (Å²) in [5.41, 5.74) is 0. The van der Waals surface area contributed by atoms with E-state index in [1.165, 1.54) is 6.08 Å². The van der Waals surface area contributed by atoms with Gasteiger partial charge in [-0.2, -0.15) is 0 Å². The molecule has 88 valence electrons. The Morgan fingerprint density at radius 1 is 1.60 bits per heavy atom. The summed E-state index contributed by atoms with van der Waals surface area (Å²) in [5.74, 6) is 0.291. The van der Waals surface area contributed by atoms with E-state index in [1.54, 1.807) is 19.3 Å². The van der Waals surface area contributed by atoms with Gasteiger partial charge in [-0.05, 0) is 13.8 Å². The van der Waals surface area contributed by atoms with Gasteiger partial charge in [0.1, 0.15) is 0 Å². The van der Waals surface area contributed by atoms with E-state index in [0.717, 1.165) is 0 Å². The zero-order valence-electron chi connectivity index (χ0n) is 9.49. The molecule has 0 fully saturated rings. The van der Waals surface area contributed by atoms with Gasteiger partial charge in [0.2, 0.25) is 0 Å². The Kier molecular flexibility index (Phi) is 8.22. The highest BCUT2D eigenvalue weighted by Gasteiger charge is 2.01. The first-order valence-corrected chi connectivity index (χ1v) is 6.65. The predicted molar refractivity (Wildman–Crippen MR) is 62.2 cm³/mol. The molecular weight excluding hydrogens is 214 g/mol. The molecule has 2 unspecified atom stereocenters. The maximum Gasteiger partial charge on any atom is 0.330 e. The number of esters is 1. The Bertz CT molecular complexity index is 241. The van der Waals surface area contributed by atoms with Crippen LogP contribution < -0.4 is 5.32 Å². The average molecular weight is 233 g/mol. The third-order valence-corrected chi connectivity index (χ3v) is 2.58. The second kappa shape index (κ2) is 8.61. The van der Waals surface area contributed by atoms with Crippen molar-refractivity contribution in [2.24, 2.45) is 0 Å². The Labute approximate surface area is 93.5 Å². The highest BCUT2D eigenvalue weighted by atomic mass is 32.2. The van der Waals surface area contributed by atoms with Crippen molar-refractivity contribution in [3.8, 4) is 0 Å². The number of rotatable bonds is 7. The molecule has 0 aromatic carbocycles. The van der Waals surface area contributed by atoms with Gasteiger partial charge < -0.3 is 10.1 Å². The fourth-order valence-electron chi connectivity index (χ4n) is 1.03. The molecule has 2 atom stereocenters. The van der Waals surface area contributed by atoms with E-state index in [0.29, 0.717) is 18.9 Å². The summed E-state index contributed by atoms with van der Waals surface area (Å²) in [6.07, 6.45) is 4.77. The number of carbonyl (C=O) groups is 1. The Morgan fingerprint density at radius 3 is 2.80 bits per heavy atom. The zero-order chi connectivity index (χ0) is 11.7. The van der Waals surface area contributed by atoms with Crippen LogP contribution in [0, 0.1) is 0 Å². The van der Waals surface area contributed by atoms with Crippen LogP contribution in [0.2, 0.25) is 0 Å². The van der Waals surface area contributed by atoms with Crippen LogP contribution in [0.3, 0.4) is 0 Å². The Morgan fingerprint density at radius 2 is 2.27 bits per heavy atom. The van der Waals surface area contributed by atoms with Crippen molar-refractivity contribution in [1.82, 2.24) is 5.32 Å².